The van der Waals surface area contributed by atoms with Gasteiger partial charge in [-0.2, -0.15) is 0 Å². The minimum absolute atomic E-state index is 0.122. The van der Waals surface area contributed by atoms with Gasteiger partial charge in [-0.1, -0.05) is 15.9 Å². The Morgan fingerprint density at radius 2 is 2.16 bits per heavy atom. The molecule has 0 fully saturated rings. The van der Waals surface area contributed by atoms with Crippen molar-refractivity contribution in [1.82, 2.24) is 9.97 Å². The number of halogens is 2. The fourth-order valence-corrected chi connectivity index (χ4v) is 2.79. The Bertz CT molecular complexity index is 580. The number of aromatic nitrogens is 2. The average Bonchev–Trinajstić information content (AvgIpc) is 2.41. The van der Waals surface area contributed by atoms with Gasteiger partial charge in [0.05, 0.1) is 7.11 Å². The van der Waals surface area contributed by atoms with Gasteiger partial charge in [0.1, 0.15) is 6.33 Å². The molecule has 2 rings (SSSR count). The molecule has 0 radical (unpaired) electrons. The molecule has 0 aliphatic heterocycles. The molecule has 1 unspecified atom stereocenters. The first-order valence-corrected chi connectivity index (χ1v) is 7.52. The van der Waals surface area contributed by atoms with Gasteiger partial charge in [0.2, 0.25) is 5.88 Å². The van der Waals surface area contributed by atoms with Crippen LogP contribution in [-0.4, -0.2) is 17.1 Å². The highest BCUT2D eigenvalue weighted by Gasteiger charge is 2.12. The summed E-state index contributed by atoms with van der Waals surface area (Å²) < 4.78 is 7.26. The van der Waals surface area contributed by atoms with Crippen LogP contribution in [0, 0.1) is 3.57 Å². The monoisotopic (exact) mass is 433 g/mol. The molecule has 6 heteroatoms. The molecule has 0 saturated heterocycles. The van der Waals surface area contributed by atoms with Crippen LogP contribution in [0.25, 0.3) is 0 Å². The number of hydrogen-bond acceptors (Lipinski definition) is 4. The number of benzene rings is 1. The van der Waals surface area contributed by atoms with Crippen LogP contribution >= 0.6 is 38.5 Å². The molecule has 2 aromatic rings. The molecular weight excluding hydrogens is 421 g/mol. The lowest BCUT2D eigenvalue weighted by Gasteiger charge is -2.14. The van der Waals surface area contributed by atoms with Crippen molar-refractivity contribution in [2.24, 2.45) is 5.73 Å². The van der Waals surface area contributed by atoms with Crippen LogP contribution in [0.3, 0.4) is 0 Å². The Labute approximate surface area is 134 Å². The molecule has 19 heavy (non-hydrogen) atoms. The van der Waals surface area contributed by atoms with Crippen LogP contribution in [0.4, 0.5) is 0 Å². The molecular formula is C13H13BrIN3O. The van der Waals surface area contributed by atoms with Crippen molar-refractivity contribution in [3.63, 3.8) is 0 Å². The number of rotatable bonds is 4. The highest BCUT2D eigenvalue weighted by atomic mass is 127. The number of nitrogens with two attached hydrogens (primary N) is 1. The third kappa shape index (κ3) is 3.87. The molecule has 1 aromatic carbocycles. The van der Waals surface area contributed by atoms with Crippen molar-refractivity contribution >= 4 is 38.5 Å². The molecule has 100 valence electrons. The van der Waals surface area contributed by atoms with Crippen LogP contribution in [0.1, 0.15) is 17.3 Å². The lowest BCUT2D eigenvalue weighted by molar-refractivity contribution is 0.395. The number of methoxy groups -OCH3 is 1. The second-order valence-electron chi connectivity index (χ2n) is 4.03. The number of nitrogens with zero attached hydrogens (tertiary/aromatic N) is 2. The number of ether oxygens (including phenoxy) is 1. The van der Waals surface area contributed by atoms with Crippen molar-refractivity contribution in [3.8, 4) is 5.88 Å². The Morgan fingerprint density at radius 1 is 1.37 bits per heavy atom. The van der Waals surface area contributed by atoms with Gasteiger partial charge in [-0.25, -0.2) is 9.97 Å². The van der Waals surface area contributed by atoms with E-state index in [0.717, 1.165) is 19.3 Å². The van der Waals surface area contributed by atoms with Crippen molar-refractivity contribution in [3.05, 3.63) is 49.9 Å². The van der Waals surface area contributed by atoms with E-state index in [1.807, 2.05) is 18.2 Å². The smallest absolute Gasteiger partial charge is 0.216 e. The molecule has 1 atom stereocenters. The molecule has 4 nitrogen and oxygen atoms in total. The molecule has 0 bridgehead atoms. The van der Waals surface area contributed by atoms with Crippen LogP contribution < -0.4 is 10.5 Å². The largest absolute Gasteiger partial charge is 0.481 e. The summed E-state index contributed by atoms with van der Waals surface area (Å²) in [5.41, 5.74) is 8.19. The van der Waals surface area contributed by atoms with E-state index < -0.39 is 0 Å². The Balaban J connectivity index is 2.20. The van der Waals surface area contributed by atoms with Gasteiger partial charge in [0.15, 0.2) is 0 Å². The van der Waals surface area contributed by atoms with Gasteiger partial charge in [0, 0.05) is 32.3 Å². The third-order valence-corrected chi connectivity index (χ3v) is 4.09. The average molecular weight is 434 g/mol. The summed E-state index contributed by atoms with van der Waals surface area (Å²) in [6, 6.07) is 7.81. The quantitative estimate of drug-likeness (QED) is 0.752. The molecule has 0 aliphatic rings. The van der Waals surface area contributed by atoms with Crippen molar-refractivity contribution in [2.45, 2.75) is 12.5 Å². The zero-order valence-electron chi connectivity index (χ0n) is 10.3. The molecule has 2 N–H and O–H groups in total. The van der Waals surface area contributed by atoms with E-state index in [1.165, 1.54) is 6.33 Å². The van der Waals surface area contributed by atoms with Gasteiger partial charge < -0.3 is 10.5 Å². The van der Waals surface area contributed by atoms with E-state index in [2.05, 4.69) is 54.6 Å². The fourth-order valence-electron chi connectivity index (χ4n) is 1.73. The summed E-state index contributed by atoms with van der Waals surface area (Å²) in [6.45, 7) is 0. The first-order valence-electron chi connectivity index (χ1n) is 5.65. The fraction of sp³-hybridized carbons (Fsp3) is 0.231. The predicted molar refractivity (Wildman–Crippen MR) is 86.1 cm³/mol. The standard InChI is InChI=1S/C13H13BrIN3O/c1-19-13-6-9(17-7-18-13)5-12(16)10-4-8(15)2-3-11(10)14/h2-4,6-7,12H,5,16H2,1H3. The zero-order valence-corrected chi connectivity index (χ0v) is 14.1. The third-order valence-electron chi connectivity index (χ3n) is 2.69. The summed E-state index contributed by atoms with van der Waals surface area (Å²) in [5, 5.41) is 0. The second kappa shape index (κ2) is 6.62. The second-order valence-corrected chi connectivity index (χ2v) is 6.13. The molecule has 1 aromatic heterocycles. The van der Waals surface area contributed by atoms with E-state index in [1.54, 1.807) is 7.11 Å². The lowest BCUT2D eigenvalue weighted by Crippen LogP contribution is -2.15. The SMILES string of the molecule is COc1cc(CC(N)c2cc(I)ccc2Br)ncn1. The summed E-state index contributed by atoms with van der Waals surface area (Å²) in [4.78, 5) is 8.20. The van der Waals surface area contributed by atoms with Crippen LogP contribution in [-0.2, 0) is 6.42 Å². The number of hydrogen-bond donors (Lipinski definition) is 1. The summed E-state index contributed by atoms with van der Waals surface area (Å²) in [6.07, 6.45) is 2.13. The van der Waals surface area contributed by atoms with Gasteiger partial charge >= 0.3 is 0 Å². The van der Waals surface area contributed by atoms with E-state index in [4.69, 9.17) is 10.5 Å². The van der Waals surface area contributed by atoms with Gasteiger partial charge in [-0.3, -0.25) is 0 Å². The van der Waals surface area contributed by atoms with E-state index in [-0.39, 0.29) is 6.04 Å². The van der Waals surface area contributed by atoms with Crippen LogP contribution in [0.2, 0.25) is 0 Å². The van der Waals surface area contributed by atoms with Crippen LogP contribution in [0.15, 0.2) is 35.1 Å². The summed E-state index contributed by atoms with van der Waals surface area (Å²) in [5.74, 6) is 0.555. The highest BCUT2D eigenvalue weighted by Crippen LogP contribution is 2.26. The maximum atomic E-state index is 6.25. The topological polar surface area (TPSA) is 61.0 Å². The van der Waals surface area contributed by atoms with Crippen LogP contribution in [0.5, 0.6) is 5.88 Å². The van der Waals surface area contributed by atoms with Gasteiger partial charge in [0.25, 0.3) is 0 Å². The maximum absolute atomic E-state index is 6.25. The normalized spacial score (nSPS) is 12.2. The maximum Gasteiger partial charge on any atom is 0.216 e. The first kappa shape index (κ1) is 14.7. The van der Waals surface area contributed by atoms with Crippen molar-refractivity contribution in [2.75, 3.05) is 7.11 Å². The van der Waals surface area contributed by atoms with Crippen molar-refractivity contribution in [1.29, 1.82) is 0 Å². The molecule has 1 heterocycles. The highest BCUT2D eigenvalue weighted by molar-refractivity contribution is 14.1. The summed E-state index contributed by atoms with van der Waals surface area (Å²) >= 11 is 5.81. The van der Waals surface area contributed by atoms with E-state index >= 15 is 0 Å². The van der Waals surface area contributed by atoms with Crippen molar-refractivity contribution < 1.29 is 4.74 Å². The zero-order chi connectivity index (χ0) is 13.8. The minimum Gasteiger partial charge on any atom is -0.481 e. The van der Waals surface area contributed by atoms with Gasteiger partial charge in [-0.15, -0.1) is 0 Å². The Morgan fingerprint density at radius 3 is 2.89 bits per heavy atom. The minimum atomic E-state index is -0.122. The summed E-state index contributed by atoms with van der Waals surface area (Å²) in [7, 11) is 1.59. The van der Waals surface area contributed by atoms with E-state index in [9.17, 15) is 0 Å². The Kier molecular flexibility index (Phi) is 5.12. The van der Waals surface area contributed by atoms with Gasteiger partial charge in [-0.05, 0) is 46.4 Å². The lowest BCUT2D eigenvalue weighted by atomic mass is 10.0. The molecule has 0 amide bonds. The van der Waals surface area contributed by atoms with E-state index in [0.29, 0.717) is 12.3 Å². The molecule has 0 spiro atoms. The molecule has 0 saturated carbocycles. The predicted octanol–water partition coefficient (Wildman–Crippen LogP) is 3.09. The molecule has 0 aliphatic carbocycles. The Hall–Kier alpha value is -0.730. The first-order chi connectivity index (χ1) is 9.10.